The fourth-order valence-electron chi connectivity index (χ4n) is 3.70. The third-order valence-electron chi connectivity index (χ3n) is 5.36. The first-order valence-corrected chi connectivity index (χ1v) is 9.00. The quantitative estimate of drug-likeness (QED) is 0.800. The Hall–Kier alpha value is -0.810. The van der Waals surface area contributed by atoms with E-state index >= 15 is 0 Å². The van der Waals surface area contributed by atoms with E-state index in [1.165, 1.54) is 12.8 Å². The van der Waals surface area contributed by atoms with Crippen molar-refractivity contribution in [1.82, 2.24) is 15.1 Å². The number of carbonyl (C=O) groups is 2. The summed E-state index contributed by atoms with van der Waals surface area (Å²) in [5, 5.41) is 3.65. The Labute approximate surface area is 145 Å². The molecule has 1 N–H and O–H groups in total. The molecule has 0 radical (unpaired) electrons. The number of halogens is 1. The van der Waals surface area contributed by atoms with Crippen LogP contribution in [-0.4, -0.2) is 59.9 Å². The molecule has 0 aromatic rings. The molecule has 2 saturated heterocycles. The lowest BCUT2D eigenvalue weighted by Gasteiger charge is -2.36. The summed E-state index contributed by atoms with van der Waals surface area (Å²) in [6, 6.07) is 0.337. The molecule has 1 atom stereocenters. The van der Waals surface area contributed by atoms with Gasteiger partial charge in [0, 0.05) is 32.1 Å². The van der Waals surface area contributed by atoms with Crippen LogP contribution in [0.15, 0.2) is 0 Å². The molecule has 2 aliphatic heterocycles. The first kappa shape index (κ1) is 18.5. The predicted molar refractivity (Wildman–Crippen MR) is 92.6 cm³/mol. The van der Waals surface area contributed by atoms with Crippen LogP contribution in [-0.2, 0) is 9.59 Å². The molecule has 3 aliphatic rings. The summed E-state index contributed by atoms with van der Waals surface area (Å²) in [5.74, 6) is 1.23. The number of nitrogens with zero attached hydrogens (tertiary/aromatic N) is 2. The van der Waals surface area contributed by atoms with Crippen LogP contribution in [0.5, 0.6) is 0 Å². The Kier molecular flexibility index (Phi) is 6.72. The molecule has 2 heterocycles. The SMILES string of the molecule is CCC(C(=O)N1CCC(NCC2CC2)CC1)N1CCCC1=O.Cl. The Balaban J connectivity index is 0.00000192. The van der Waals surface area contributed by atoms with Crippen molar-refractivity contribution in [3.05, 3.63) is 0 Å². The van der Waals surface area contributed by atoms with Gasteiger partial charge in [0.05, 0.1) is 0 Å². The highest BCUT2D eigenvalue weighted by molar-refractivity contribution is 5.88. The van der Waals surface area contributed by atoms with Crippen LogP contribution in [0.4, 0.5) is 0 Å². The maximum atomic E-state index is 12.8. The fourth-order valence-corrected chi connectivity index (χ4v) is 3.70. The molecule has 6 heteroatoms. The van der Waals surface area contributed by atoms with Crippen molar-refractivity contribution in [2.24, 2.45) is 5.92 Å². The largest absolute Gasteiger partial charge is 0.341 e. The van der Waals surface area contributed by atoms with E-state index < -0.39 is 0 Å². The second kappa shape index (κ2) is 8.34. The van der Waals surface area contributed by atoms with Gasteiger partial charge in [-0.1, -0.05) is 6.92 Å². The molecule has 2 amide bonds. The number of likely N-dealkylation sites (tertiary alicyclic amines) is 2. The predicted octanol–water partition coefficient (Wildman–Crippen LogP) is 1.80. The minimum atomic E-state index is -0.231. The molecule has 23 heavy (non-hydrogen) atoms. The van der Waals surface area contributed by atoms with Crippen LogP contribution in [0.2, 0.25) is 0 Å². The van der Waals surface area contributed by atoms with Crippen molar-refractivity contribution >= 4 is 24.2 Å². The monoisotopic (exact) mass is 343 g/mol. The molecule has 0 bridgehead atoms. The second-order valence-corrected chi connectivity index (χ2v) is 7.07. The molecule has 5 nitrogen and oxygen atoms in total. The van der Waals surface area contributed by atoms with E-state index in [0.29, 0.717) is 12.5 Å². The summed E-state index contributed by atoms with van der Waals surface area (Å²) < 4.78 is 0. The van der Waals surface area contributed by atoms with Gasteiger partial charge in [0.1, 0.15) is 6.04 Å². The summed E-state index contributed by atoms with van der Waals surface area (Å²) in [7, 11) is 0. The maximum Gasteiger partial charge on any atom is 0.245 e. The van der Waals surface area contributed by atoms with Crippen LogP contribution in [0.3, 0.4) is 0 Å². The molecule has 0 aromatic carbocycles. The summed E-state index contributed by atoms with van der Waals surface area (Å²) in [6.45, 7) is 5.58. The molecule has 132 valence electrons. The zero-order valence-electron chi connectivity index (χ0n) is 14.1. The van der Waals surface area contributed by atoms with Gasteiger partial charge in [0.25, 0.3) is 0 Å². The Morgan fingerprint density at radius 1 is 1.22 bits per heavy atom. The first-order valence-electron chi connectivity index (χ1n) is 9.00. The number of carbonyl (C=O) groups excluding carboxylic acids is 2. The summed E-state index contributed by atoms with van der Waals surface area (Å²) in [4.78, 5) is 28.5. The van der Waals surface area contributed by atoms with Gasteiger partial charge in [-0.15, -0.1) is 12.4 Å². The highest BCUT2D eigenvalue weighted by Gasteiger charge is 2.35. The highest BCUT2D eigenvalue weighted by atomic mass is 35.5. The molecule has 3 rings (SSSR count). The van der Waals surface area contributed by atoms with E-state index in [-0.39, 0.29) is 30.3 Å². The molecule has 1 unspecified atom stereocenters. The molecule has 0 spiro atoms. The minimum absolute atomic E-state index is 0. The normalized spacial score (nSPS) is 23.8. The van der Waals surface area contributed by atoms with Crippen molar-refractivity contribution < 1.29 is 9.59 Å². The lowest BCUT2D eigenvalue weighted by atomic mass is 10.0. The van der Waals surface area contributed by atoms with Crippen molar-refractivity contribution in [2.75, 3.05) is 26.2 Å². The number of nitrogens with one attached hydrogen (secondary N) is 1. The summed E-state index contributed by atoms with van der Waals surface area (Å²) in [6.07, 6.45) is 7.08. The smallest absolute Gasteiger partial charge is 0.245 e. The zero-order valence-corrected chi connectivity index (χ0v) is 14.9. The fraction of sp³-hybridized carbons (Fsp3) is 0.882. The van der Waals surface area contributed by atoms with Crippen molar-refractivity contribution in [3.8, 4) is 0 Å². The van der Waals surface area contributed by atoms with Crippen LogP contribution in [0.1, 0.15) is 51.9 Å². The first-order chi connectivity index (χ1) is 10.7. The topological polar surface area (TPSA) is 52.7 Å². The molecular formula is C17H30ClN3O2. The Bertz CT molecular complexity index is 420. The minimum Gasteiger partial charge on any atom is -0.341 e. The average molecular weight is 344 g/mol. The van der Waals surface area contributed by atoms with Gasteiger partial charge >= 0.3 is 0 Å². The molecule has 0 aromatic heterocycles. The summed E-state index contributed by atoms with van der Waals surface area (Å²) in [5.41, 5.74) is 0. The van der Waals surface area contributed by atoms with Gasteiger partial charge in [-0.25, -0.2) is 0 Å². The standard InChI is InChI=1S/C17H29N3O2.ClH/c1-2-15(20-9-3-4-16(20)21)17(22)19-10-7-14(8-11-19)18-12-13-5-6-13;/h13-15,18H,2-12H2,1H3;1H. The molecule has 1 aliphatic carbocycles. The van der Waals surface area contributed by atoms with E-state index in [9.17, 15) is 9.59 Å². The van der Waals surface area contributed by atoms with Crippen LogP contribution >= 0.6 is 12.4 Å². The number of piperidine rings is 1. The Morgan fingerprint density at radius 2 is 1.91 bits per heavy atom. The summed E-state index contributed by atoms with van der Waals surface area (Å²) >= 11 is 0. The van der Waals surface area contributed by atoms with E-state index in [0.717, 1.165) is 57.8 Å². The van der Waals surface area contributed by atoms with Gasteiger partial charge in [0.15, 0.2) is 0 Å². The number of amides is 2. The highest BCUT2D eigenvalue weighted by Crippen LogP contribution is 2.28. The van der Waals surface area contributed by atoms with Gasteiger partial charge < -0.3 is 15.1 Å². The third-order valence-corrected chi connectivity index (χ3v) is 5.36. The van der Waals surface area contributed by atoms with Crippen LogP contribution in [0.25, 0.3) is 0 Å². The van der Waals surface area contributed by atoms with Crippen LogP contribution < -0.4 is 5.32 Å². The number of hydrogen-bond donors (Lipinski definition) is 1. The van der Waals surface area contributed by atoms with Crippen molar-refractivity contribution in [2.45, 2.75) is 64.0 Å². The molecule has 3 fully saturated rings. The zero-order chi connectivity index (χ0) is 15.5. The van der Waals surface area contributed by atoms with Gasteiger partial charge in [-0.2, -0.15) is 0 Å². The van der Waals surface area contributed by atoms with Gasteiger partial charge in [0.2, 0.25) is 11.8 Å². The molecular weight excluding hydrogens is 314 g/mol. The average Bonchev–Trinajstić information content (AvgIpc) is 3.28. The van der Waals surface area contributed by atoms with Crippen molar-refractivity contribution in [3.63, 3.8) is 0 Å². The van der Waals surface area contributed by atoms with E-state index in [1.54, 1.807) is 4.90 Å². The Morgan fingerprint density at radius 3 is 2.43 bits per heavy atom. The lowest BCUT2D eigenvalue weighted by Crippen LogP contribution is -2.52. The number of rotatable bonds is 6. The van der Waals surface area contributed by atoms with E-state index in [2.05, 4.69) is 5.32 Å². The maximum absolute atomic E-state index is 12.8. The van der Waals surface area contributed by atoms with Gasteiger partial charge in [-0.05, 0) is 51.0 Å². The van der Waals surface area contributed by atoms with Gasteiger partial charge in [-0.3, -0.25) is 9.59 Å². The van der Waals surface area contributed by atoms with Crippen molar-refractivity contribution in [1.29, 1.82) is 0 Å². The third kappa shape index (κ3) is 4.60. The van der Waals surface area contributed by atoms with E-state index in [4.69, 9.17) is 0 Å². The second-order valence-electron chi connectivity index (χ2n) is 7.07. The van der Waals surface area contributed by atoms with E-state index in [1.807, 2.05) is 11.8 Å². The number of hydrogen-bond acceptors (Lipinski definition) is 3. The molecule has 1 saturated carbocycles. The van der Waals surface area contributed by atoms with Crippen LogP contribution in [0, 0.1) is 5.92 Å². The lowest BCUT2D eigenvalue weighted by molar-refractivity contribution is -0.144.